The molecule has 8 heteroatoms. The van der Waals surface area contributed by atoms with Gasteiger partial charge in [0.25, 0.3) is 5.91 Å². The van der Waals surface area contributed by atoms with Crippen LogP contribution in [0, 0.1) is 12.7 Å². The molecule has 0 bridgehead atoms. The molecule has 2 amide bonds. The summed E-state index contributed by atoms with van der Waals surface area (Å²) in [6.45, 7) is 3.90. The lowest BCUT2D eigenvalue weighted by atomic mass is 10.1. The van der Waals surface area contributed by atoms with Gasteiger partial charge in [0.2, 0.25) is 5.91 Å². The van der Waals surface area contributed by atoms with Crippen LogP contribution in [0.4, 0.5) is 10.1 Å². The molecule has 4 aromatic rings. The zero-order chi connectivity index (χ0) is 23.4. The Bertz CT molecular complexity index is 1320. The van der Waals surface area contributed by atoms with Crippen LogP contribution in [-0.4, -0.2) is 26.3 Å². The van der Waals surface area contributed by atoms with E-state index in [0.717, 1.165) is 11.2 Å². The van der Waals surface area contributed by atoms with E-state index in [0.29, 0.717) is 40.9 Å². The van der Waals surface area contributed by atoms with E-state index in [9.17, 15) is 14.0 Å². The zero-order valence-corrected chi connectivity index (χ0v) is 18.4. The van der Waals surface area contributed by atoms with Crippen LogP contribution in [0.25, 0.3) is 11.0 Å². The average molecular weight is 445 g/mol. The Morgan fingerprint density at radius 1 is 1.09 bits per heavy atom. The number of anilines is 1. The second-order valence-electron chi connectivity index (χ2n) is 7.85. The fraction of sp³-hybridized carbons (Fsp3) is 0.200. The summed E-state index contributed by atoms with van der Waals surface area (Å²) < 4.78 is 15.7. The second-order valence-corrected chi connectivity index (χ2v) is 7.85. The number of benzene rings is 2. The summed E-state index contributed by atoms with van der Waals surface area (Å²) in [5.41, 5.74) is 4.34. The first-order valence-electron chi connectivity index (χ1n) is 10.6. The maximum Gasteiger partial charge on any atom is 0.251 e. The smallest absolute Gasteiger partial charge is 0.251 e. The van der Waals surface area contributed by atoms with Gasteiger partial charge in [0.1, 0.15) is 5.82 Å². The monoisotopic (exact) mass is 445 g/mol. The first-order chi connectivity index (χ1) is 15.9. The fourth-order valence-electron chi connectivity index (χ4n) is 3.61. The summed E-state index contributed by atoms with van der Waals surface area (Å²) in [4.78, 5) is 33.4. The molecule has 33 heavy (non-hydrogen) atoms. The van der Waals surface area contributed by atoms with Crippen LogP contribution in [0.15, 0.2) is 61.1 Å². The highest BCUT2D eigenvalue weighted by Gasteiger charge is 2.16. The lowest BCUT2D eigenvalue weighted by molar-refractivity contribution is -0.114. The number of nitrogens with zero attached hydrogens (tertiary/aromatic N) is 3. The number of halogens is 1. The van der Waals surface area contributed by atoms with E-state index in [-0.39, 0.29) is 24.2 Å². The minimum absolute atomic E-state index is 0.183. The van der Waals surface area contributed by atoms with Crippen LogP contribution in [0.5, 0.6) is 0 Å². The summed E-state index contributed by atoms with van der Waals surface area (Å²) in [5, 5.41) is 5.61. The van der Waals surface area contributed by atoms with Crippen LogP contribution in [0.2, 0.25) is 0 Å². The number of hydrogen-bond donors (Lipinski definition) is 2. The van der Waals surface area contributed by atoms with Crippen molar-refractivity contribution >= 4 is 28.5 Å². The van der Waals surface area contributed by atoms with Gasteiger partial charge in [-0.25, -0.2) is 9.37 Å². The van der Waals surface area contributed by atoms with E-state index in [1.165, 1.54) is 13.0 Å². The van der Waals surface area contributed by atoms with Crippen molar-refractivity contribution in [3.05, 3.63) is 89.3 Å². The molecular formula is C25H24FN5O2. The normalized spacial score (nSPS) is 10.9. The maximum atomic E-state index is 13.8. The van der Waals surface area contributed by atoms with Gasteiger partial charge in [0.15, 0.2) is 0 Å². The molecule has 7 nitrogen and oxygen atoms in total. The lowest BCUT2D eigenvalue weighted by Gasteiger charge is -2.12. The Hall–Kier alpha value is -4.07. The predicted molar refractivity (Wildman–Crippen MR) is 124 cm³/mol. The Morgan fingerprint density at radius 2 is 1.94 bits per heavy atom. The maximum absolute atomic E-state index is 13.8. The van der Waals surface area contributed by atoms with Crippen LogP contribution in [0.1, 0.15) is 34.1 Å². The second kappa shape index (κ2) is 9.60. The number of carbonyl (C=O) groups excluding carboxylic acids is 2. The number of aromatic nitrogens is 3. The van der Waals surface area contributed by atoms with Crippen molar-refractivity contribution in [2.24, 2.45) is 0 Å². The van der Waals surface area contributed by atoms with Gasteiger partial charge < -0.3 is 15.2 Å². The Kier molecular flexibility index (Phi) is 6.44. The van der Waals surface area contributed by atoms with Gasteiger partial charge in [0.05, 0.1) is 23.0 Å². The third-order valence-corrected chi connectivity index (χ3v) is 5.31. The van der Waals surface area contributed by atoms with Gasteiger partial charge in [-0.15, -0.1) is 0 Å². The fourth-order valence-corrected chi connectivity index (χ4v) is 3.61. The van der Waals surface area contributed by atoms with Gasteiger partial charge in [-0.2, -0.15) is 0 Å². The number of rotatable bonds is 7. The standard InChI is InChI=1S/C25H24FN5O2/c1-16-6-7-18(11-21(16)26)14-28-25(33)19-12-22-24(23(13-19)30-17(2)32)31(15-29-22)10-8-20-5-3-4-9-27-20/h3-7,9,11-13,15H,8,10,14H2,1-2H3,(H,28,33)(H,30,32). The van der Waals surface area contributed by atoms with Gasteiger partial charge in [-0.3, -0.25) is 14.6 Å². The van der Waals surface area contributed by atoms with Crippen LogP contribution in [0.3, 0.4) is 0 Å². The quantitative estimate of drug-likeness (QED) is 0.450. The van der Waals surface area contributed by atoms with Gasteiger partial charge in [0, 0.05) is 43.9 Å². The molecule has 0 fully saturated rings. The van der Waals surface area contributed by atoms with Crippen molar-refractivity contribution in [2.75, 3.05) is 5.32 Å². The topological polar surface area (TPSA) is 88.9 Å². The minimum atomic E-state index is -0.340. The van der Waals surface area contributed by atoms with Crippen molar-refractivity contribution in [1.29, 1.82) is 0 Å². The summed E-state index contributed by atoms with van der Waals surface area (Å²) in [6.07, 6.45) is 4.14. The molecule has 4 rings (SSSR count). The van der Waals surface area contributed by atoms with Gasteiger partial charge in [-0.1, -0.05) is 18.2 Å². The average Bonchev–Trinajstić information content (AvgIpc) is 3.22. The molecule has 0 spiro atoms. The summed E-state index contributed by atoms with van der Waals surface area (Å²) in [6, 6.07) is 13.9. The molecule has 0 saturated heterocycles. The Labute approximate surface area is 190 Å². The Morgan fingerprint density at radius 3 is 2.67 bits per heavy atom. The molecule has 0 aliphatic heterocycles. The molecule has 2 heterocycles. The third-order valence-electron chi connectivity index (χ3n) is 5.31. The highest BCUT2D eigenvalue weighted by Crippen LogP contribution is 2.26. The van der Waals surface area contributed by atoms with Crippen molar-refractivity contribution in [3.63, 3.8) is 0 Å². The SMILES string of the molecule is CC(=O)Nc1cc(C(=O)NCc2ccc(C)c(F)c2)cc2ncn(CCc3ccccn3)c12. The van der Waals surface area contributed by atoms with Gasteiger partial charge >= 0.3 is 0 Å². The molecule has 168 valence electrons. The van der Waals surface area contributed by atoms with Crippen LogP contribution in [-0.2, 0) is 24.3 Å². The molecule has 0 atom stereocenters. The van der Waals surface area contributed by atoms with E-state index in [1.807, 2.05) is 22.8 Å². The molecule has 0 unspecified atom stereocenters. The molecule has 2 N–H and O–H groups in total. The number of carbonyl (C=O) groups is 2. The molecule has 0 aliphatic rings. The summed E-state index contributed by atoms with van der Waals surface area (Å²) in [5.74, 6) is -0.902. The molecule has 2 aromatic carbocycles. The number of amides is 2. The first kappa shape index (κ1) is 22.1. The highest BCUT2D eigenvalue weighted by atomic mass is 19.1. The van der Waals surface area contributed by atoms with Crippen molar-refractivity contribution < 1.29 is 14.0 Å². The van der Waals surface area contributed by atoms with E-state index >= 15 is 0 Å². The number of imidazole rings is 1. The van der Waals surface area contributed by atoms with Crippen molar-refractivity contribution in [3.8, 4) is 0 Å². The molecule has 0 radical (unpaired) electrons. The number of pyridine rings is 1. The number of nitrogens with one attached hydrogen (secondary N) is 2. The molecule has 0 saturated carbocycles. The summed E-state index contributed by atoms with van der Waals surface area (Å²) >= 11 is 0. The van der Waals surface area contributed by atoms with Crippen molar-refractivity contribution in [2.45, 2.75) is 33.4 Å². The molecule has 0 aliphatic carbocycles. The van der Waals surface area contributed by atoms with E-state index < -0.39 is 0 Å². The van der Waals surface area contributed by atoms with E-state index in [1.54, 1.807) is 43.7 Å². The largest absolute Gasteiger partial charge is 0.348 e. The third kappa shape index (κ3) is 5.23. The predicted octanol–water partition coefficient (Wildman–Crippen LogP) is 4.01. The van der Waals surface area contributed by atoms with Gasteiger partial charge in [-0.05, 0) is 48.4 Å². The van der Waals surface area contributed by atoms with Crippen molar-refractivity contribution in [1.82, 2.24) is 19.9 Å². The highest BCUT2D eigenvalue weighted by molar-refractivity contribution is 6.05. The lowest BCUT2D eigenvalue weighted by Crippen LogP contribution is -2.23. The molecular weight excluding hydrogens is 421 g/mol. The number of hydrogen-bond acceptors (Lipinski definition) is 4. The Balaban J connectivity index is 1.57. The van der Waals surface area contributed by atoms with Crippen LogP contribution >= 0.6 is 0 Å². The summed E-state index contributed by atoms with van der Waals surface area (Å²) in [7, 11) is 0. The number of aryl methyl sites for hydroxylation is 3. The zero-order valence-electron chi connectivity index (χ0n) is 18.4. The van der Waals surface area contributed by atoms with Crippen LogP contribution < -0.4 is 10.6 Å². The van der Waals surface area contributed by atoms with E-state index in [4.69, 9.17) is 0 Å². The minimum Gasteiger partial charge on any atom is -0.348 e. The van der Waals surface area contributed by atoms with E-state index in [2.05, 4.69) is 20.6 Å². The first-order valence-corrected chi connectivity index (χ1v) is 10.6. The number of fused-ring (bicyclic) bond motifs is 1. The molecule has 2 aromatic heterocycles.